The lowest BCUT2D eigenvalue weighted by Gasteiger charge is -2.34. The Morgan fingerprint density at radius 1 is 1.09 bits per heavy atom. The van der Waals surface area contributed by atoms with Gasteiger partial charge in [-0.25, -0.2) is 0 Å². The van der Waals surface area contributed by atoms with Crippen LogP contribution in [0.1, 0.15) is 40.1 Å². The van der Waals surface area contributed by atoms with Crippen molar-refractivity contribution in [2.75, 3.05) is 39.3 Å². The first-order valence-corrected chi connectivity index (χ1v) is 12.0. The number of carbonyl (C=O) groups excluding carboxylic acids is 2. The van der Waals surface area contributed by atoms with Crippen molar-refractivity contribution < 1.29 is 9.59 Å². The van der Waals surface area contributed by atoms with Gasteiger partial charge in [0, 0.05) is 59.4 Å². The minimum atomic E-state index is -0.181. The number of halogens is 1. The number of H-pyrrole nitrogens is 1. The van der Waals surface area contributed by atoms with Crippen LogP contribution in [-0.4, -0.2) is 71.3 Å². The standard InChI is InChI=1S/C25H27BrN4O2/c1-2-28-11-13-29(14-12-28)25(32)18-5-3-17(4-6-18)24-23-20(9-10-30(24)16-31)21-15-19(26)7-8-22(21)27-23/h3-8,15-16,24,27H,2,9-14H2,1H3. The predicted octanol–water partition coefficient (Wildman–Crippen LogP) is 3.81. The highest BCUT2D eigenvalue weighted by Crippen LogP contribution is 2.38. The molecule has 166 valence electrons. The first kappa shape index (κ1) is 21.2. The monoisotopic (exact) mass is 494 g/mol. The third-order valence-electron chi connectivity index (χ3n) is 6.84. The lowest BCUT2D eigenvalue weighted by atomic mass is 9.92. The van der Waals surface area contributed by atoms with E-state index in [1.807, 2.05) is 40.1 Å². The zero-order valence-corrected chi connectivity index (χ0v) is 19.8. The Labute approximate surface area is 196 Å². The molecule has 0 radical (unpaired) electrons. The number of rotatable bonds is 4. The van der Waals surface area contributed by atoms with Gasteiger partial charge in [0.25, 0.3) is 5.91 Å². The molecule has 2 aliphatic heterocycles. The first-order chi connectivity index (χ1) is 15.6. The summed E-state index contributed by atoms with van der Waals surface area (Å²) in [7, 11) is 0. The number of hydrogen-bond acceptors (Lipinski definition) is 3. The fourth-order valence-corrected chi connectivity index (χ4v) is 5.37. The quantitative estimate of drug-likeness (QED) is 0.561. The number of hydrogen-bond donors (Lipinski definition) is 1. The van der Waals surface area contributed by atoms with Gasteiger partial charge in [0.1, 0.15) is 0 Å². The number of nitrogens with one attached hydrogen (secondary N) is 1. The van der Waals surface area contributed by atoms with E-state index in [-0.39, 0.29) is 11.9 Å². The Morgan fingerprint density at radius 3 is 2.53 bits per heavy atom. The lowest BCUT2D eigenvalue weighted by molar-refractivity contribution is -0.120. The maximum atomic E-state index is 13.0. The van der Waals surface area contributed by atoms with Crippen molar-refractivity contribution in [1.82, 2.24) is 19.7 Å². The lowest BCUT2D eigenvalue weighted by Crippen LogP contribution is -2.48. The fourth-order valence-electron chi connectivity index (χ4n) is 5.01. The van der Waals surface area contributed by atoms with Gasteiger partial charge < -0.3 is 19.7 Å². The molecule has 5 rings (SSSR count). The van der Waals surface area contributed by atoms with Crippen LogP contribution >= 0.6 is 15.9 Å². The van der Waals surface area contributed by atoms with Gasteiger partial charge in [-0.3, -0.25) is 9.59 Å². The summed E-state index contributed by atoms with van der Waals surface area (Å²) in [5.41, 5.74) is 5.11. The van der Waals surface area contributed by atoms with Gasteiger partial charge in [-0.1, -0.05) is 35.0 Å². The van der Waals surface area contributed by atoms with Crippen LogP contribution in [0, 0.1) is 0 Å². The number of benzene rings is 2. The molecule has 32 heavy (non-hydrogen) atoms. The Hall–Kier alpha value is -2.64. The molecule has 0 aliphatic carbocycles. The maximum absolute atomic E-state index is 13.0. The van der Waals surface area contributed by atoms with Gasteiger partial charge in [0.15, 0.2) is 0 Å². The smallest absolute Gasteiger partial charge is 0.253 e. The summed E-state index contributed by atoms with van der Waals surface area (Å²) >= 11 is 3.57. The van der Waals surface area contributed by atoms with Crippen LogP contribution in [-0.2, 0) is 11.2 Å². The number of aromatic amines is 1. The van der Waals surface area contributed by atoms with Gasteiger partial charge in [-0.2, -0.15) is 0 Å². The van der Waals surface area contributed by atoms with Crippen LogP contribution in [0.3, 0.4) is 0 Å². The Kier molecular flexibility index (Phi) is 5.78. The third kappa shape index (κ3) is 3.73. The maximum Gasteiger partial charge on any atom is 0.253 e. The number of likely N-dealkylation sites (N-methyl/N-ethyl adjacent to an activating group) is 1. The molecule has 1 atom stereocenters. The van der Waals surface area contributed by atoms with E-state index in [0.717, 1.165) is 66.8 Å². The summed E-state index contributed by atoms with van der Waals surface area (Å²) in [6.07, 6.45) is 1.75. The van der Waals surface area contributed by atoms with Gasteiger partial charge in [-0.05, 0) is 54.4 Å². The van der Waals surface area contributed by atoms with E-state index in [0.29, 0.717) is 12.1 Å². The SMILES string of the molecule is CCN1CCN(C(=O)c2ccc(C3c4[nH]c5ccc(Br)cc5c4CCN3C=O)cc2)CC1. The number of aromatic nitrogens is 1. The summed E-state index contributed by atoms with van der Waals surface area (Å²) in [4.78, 5) is 34.6. The van der Waals surface area contributed by atoms with E-state index in [9.17, 15) is 9.59 Å². The van der Waals surface area contributed by atoms with Gasteiger partial charge in [0.2, 0.25) is 6.41 Å². The van der Waals surface area contributed by atoms with Crippen molar-refractivity contribution in [1.29, 1.82) is 0 Å². The molecule has 0 bridgehead atoms. The van der Waals surface area contributed by atoms with E-state index in [1.165, 1.54) is 10.9 Å². The molecule has 7 heteroatoms. The Morgan fingerprint density at radius 2 is 1.84 bits per heavy atom. The summed E-state index contributed by atoms with van der Waals surface area (Å²) in [6.45, 7) is 7.24. The zero-order valence-electron chi connectivity index (χ0n) is 18.2. The molecule has 1 saturated heterocycles. The molecule has 1 aromatic heterocycles. The average Bonchev–Trinajstić information content (AvgIpc) is 3.21. The van der Waals surface area contributed by atoms with Gasteiger partial charge in [-0.15, -0.1) is 0 Å². The second kappa shape index (κ2) is 8.71. The van der Waals surface area contributed by atoms with Crippen LogP contribution in [0.2, 0.25) is 0 Å². The van der Waals surface area contributed by atoms with Crippen LogP contribution < -0.4 is 0 Å². The second-order valence-electron chi connectivity index (χ2n) is 8.55. The molecule has 2 aliphatic rings. The van der Waals surface area contributed by atoms with Crippen LogP contribution in [0.15, 0.2) is 46.9 Å². The molecule has 1 unspecified atom stereocenters. The van der Waals surface area contributed by atoms with E-state index in [4.69, 9.17) is 0 Å². The molecular formula is C25H27BrN4O2. The topological polar surface area (TPSA) is 59.7 Å². The molecular weight excluding hydrogens is 468 g/mol. The van der Waals surface area contributed by atoms with E-state index in [2.05, 4.69) is 44.9 Å². The number of nitrogens with zero attached hydrogens (tertiary/aromatic N) is 3. The first-order valence-electron chi connectivity index (χ1n) is 11.2. The number of amides is 2. The van der Waals surface area contributed by atoms with Crippen LogP contribution in [0.25, 0.3) is 10.9 Å². The highest BCUT2D eigenvalue weighted by molar-refractivity contribution is 9.10. The molecule has 2 amide bonds. The number of piperazine rings is 1. The van der Waals surface area contributed by atoms with Crippen molar-refractivity contribution in [3.8, 4) is 0 Å². The largest absolute Gasteiger partial charge is 0.356 e. The van der Waals surface area contributed by atoms with E-state index >= 15 is 0 Å². The molecule has 3 aromatic rings. The molecule has 2 aromatic carbocycles. The number of fused-ring (bicyclic) bond motifs is 3. The van der Waals surface area contributed by atoms with Crippen molar-refractivity contribution in [3.63, 3.8) is 0 Å². The van der Waals surface area contributed by atoms with Gasteiger partial charge in [0.05, 0.1) is 6.04 Å². The van der Waals surface area contributed by atoms with Crippen molar-refractivity contribution in [2.45, 2.75) is 19.4 Å². The van der Waals surface area contributed by atoms with Crippen molar-refractivity contribution >= 4 is 39.2 Å². The van der Waals surface area contributed by atoms with Crippen molar-refractivity contribution in [3.05, 3.63) is 69.3 Å². The predicted molar refractivity (Wildman–Crippen MR) is 129 cm³/mol. The minimum Gasteiger partial charge on any atom is -0.356 e. The minimum absolute atomic E-state index is 0.0827. The highest BCUT2D eigenvalue weighted by Gasteiger charge is 2.31. The Balaban J connectivity index is 1.44. The summed E-state index contributed by atoms with van der Waals surface area (Å²) < 4.78 is 1.05. The molecule has 0 saturated carbocycles. The fraction of sp³-hybridized carbons (Fsp3) is 0.360. The second-order valence-corrected chi connectivity index (χ2v) is 9.47. The molecule has 0 spiro atoms. The average molecular weight is 495 g/mol. The van der Waals surface area contributed by atoms with Crippen molar-refractivity contribution in [2.24, 2.45) is 0 Å². The van der Waals surface area contributed by atoms with Crippen LogP contribution in [0.4, 0.5) is 0 Å². The molecule has 6 nitrogen and oxygen atoms in total. The van der Waals surface area contributed by atoms with E-state index < -0.39 is 0 Å². The van der Waals surface area contributed by atoms with E-state index in [1.54, 1.807) is 0 Å². The zero-order chi connectivity index (χ0) is 22.2. The normalized spacial score (nSPS) is 19.2. The summed E-state index contributed by atoms with van der Waals surface area (Å²) in [6, 6.07) is 13.8. The highest BCUT2D eigenvalue weighted by atomic mass is 79.9. The van der Waals surface area contributed by atoms with Gasteiger partial charge >= 0.3 is 0 Å². The Bertz CT molecular complexity index is 1150. The molecule has 1 fully saturated rings. The molecule has 1 N–H and O–H groups in total. The molecule has 3 heterocycles. The summed E-state index contributed by atoms with van der Waals surface area (Å²) in [5, 5.41) is 1.20. The third-order valence-corrected chi connectivity index (χ3v) is 7.34. The van der Waals surface area contributed by atoms with Crippen LogP contribution in [0.5, 0.6) is 0 Å². The number of carbonyl (C=O) groups is 2. The summed E-state index contributed by atoms with van der Waals surface area (Å²) in [5.74, 6) is 0.0827.